The Morgan fingerprint density at radius 1 is 1.20 bits per heavy atom. The van der Waals surface area contributed by atoms with Crippen molar-refractivity contribution >= 4 is 0 Å². The van der Waals surface area contributed by atoms with Crippen LogP contribution in [0, 0.1) is 11.8 Å². The smallest absolute Gasteiger partial charge is 0.306 e. The van der Waals surface area contributed by atoms with Crippen molar-refractivity contribution in [2.45, 2.75) is 39.0 Å². The molecule has 1 aliphatic heterocycles. The molecule has 1 rings (SSSR count). The van der Waals surface area contributed by atoms with Gasteiger partial charge in [-0.05, 0) is 52.7 Å². The van der Waals surface area contributed by atoms with E-state index in [1.807, 2.05) is 7.05 Å². The van der Waals surface area contributed by atoms with Crippen molar-refractivity contribution in [3.8, 4) is 0 Å². The van der Waals surface area contributed by atoms with Crippen LogP contribution in [0.15, 0.2) is 23.8 Å². The van der Waals surface area contributed by atoms with Crippen LogP contribution in [0.4, 0.5) is 17.6 Å². The number of hydrogen-bond donors (Lipinski definition) is 0. The number of hydrogen-bond acceptors (Lipinski definition) is 1. The highest BCUT2D eigenvalue weighted by molar-refractivity contribution is 5.20. The summed E-state index contributed by atoms with van der Waals surface area (Å²) in [6, 6.07) is 0. The highest BCUT2D eigenvalue weighted by Crippen LogP contribution is 2.38. The third-order valence-corrected chi connectivity index (χ3v) is 3.85. The van der Waals surface area contributed by atoms with Gasteiger partial charge >= 0.3 is 6.18 Å². The van der Waals surface area contributed by atoms with Crippen LogP contribution in [0.1, 0.15) is 26.7 Å². The second-order valence-corrected chi connectivity index (χ2v) is 5.57. The van der Waals surface area contributed by atoms with E-state index >= 15 is 0 Å². The number of rotatable bonds is 4. The molecule has 0 aromatic carbocycles. The third-order valence-electron chi connectivity index (χ3n) is 3.85. The second kappa shape index (κ2) is 7.25. The minimum absolute atomic E-state index is 0.0672. The van der Waals surface area contributed by atoms with Crippen LogP contribution in [0.5, 0.6) is 0 Å². The fourth-order valence-corrected chi connectivity index (χ4v) is 2.48. The normalized spacial score (nSPS) is 23.2. The first-order valence-electron chi connectivity index (χ1n) is 6.99. The molecule has 1 heterocycles. The zero-order valence-electron chi connectivity index (χ0n) is 12.3. The molecule has 116 valence electrons. The van der Waals surface area contributed by atoms with Crippen LogP contribution in [0.3, 0.4) is 0 Å². The highest BCUT2D eigenvalue weighted by Gasteiger charge is 2.40. The molecule has 0 aromatic rings. The zero-order valence-corrected chi connectivity index (χ0v) is 12.3. The molecule has 0 spiro atoms. The predicted molar refractivity (Wildman–Crippen MR) is 73.2 cm³/mol. The van der Waals surface area contributed by atoms with Gasteiger partial charge in [0, 0.05) is 0 Å². The summed E-state index contributed by atoms with van der Waals surface area (Å²) in [5, 5.41) is 0. The van der Waals surface area contributed by atoms with Gasteiger partial charge in [-0.2, -0.15) is 13.2 Å². The molecule has 0 amide bonds. The van der Waals surface area contributed by atoms with Crippen LogP contribution in [0.2, 0.25) is 0 Å². The zero-order chi connectivity index (χ0) is 15.3. The summed E-state index contributed by atoms with van der Waals surface area (Å²) in [6.07, 6.45) is 0.211. The lowest BCUT2D eigenvalue weighted by Gasteiger charge is -2.33. The summed E-state index contributed by atoms with van der Waals surface area (Å²) in [4.78, 5) is 2.12. The predicted octanol–water partition coefficient (Wildman–Crippen LogP) is 4.37. The Morgan fingerprint density at radius 2 is 1.75 bits per heavy atom. The minimum Gasteiger partial charge on any atom is -0.306 e. The Morgan fingerprint density at radius 3 is 2.20 bits per heavy atom. The molecule has 0 radical (unpaired) electrons. The van der Waals surface area contributed by atoms with Crippen LogP contribution in [-0.2, 0) is 0 Å². The molecule has 2 atom stereocenters. The topological polar surface area (TPSA) is 3.24 Å². The summed E-state index contributed by atoms with van der Waals surface area (Å²) < 4.78 is 51.6. The van der Waals surface area contributed by atoms with Crippen molar-refractivity contribution in [1.29, 1.82) is 0 Å². The highest BCUT2D eigenvalue weighted by atomic mass is 19.4. The van der Waals surface area contributed by atoms with E-state index in [1.54, 1.807) is 0 Å². The minimum atomic E-state index is -4.25. The Labute approximate surface area is 118 Å². The molecular formula is C15H23F4N. The fraction of sp³-hybridized carbons (Fsp3) is 0.733. The van der Waals surface area contributed by atoms with E-state index in [-0.39, 0.29) is 5.92 Å². The first-order chi connectivity index (χ1) is 9.21. The molecule has 0 saturated carbocycles. The first-order valence-corrected chi connectivity index (χ1v) is 6.99. The monoisotopic (exact) mass is 293 g/mol. The number of piperidine rings is 1. The molecule has 0 aromatic heterocycles. The Hall–Kier alpha value is -0.840. The third kappa shape index (κ3) is 5.27. The Kier molecular flexibility index (Phi) is 6.24. The number of allylic oxidation sites excluding steroid dienone is 4. The molecule has 0 N–H and O–H groups in total. The number of nitrogens with zero attached hydrogens (tertiary/aromatic N) is 1. The average molecular weight is 293 g/mol. The van der Waals surface area contributed by atoms with Gasteiger partial charge in [-0.1, -0.05) is 23.8 Å². The maximum absolute atomic E-state index is 13.0. The van der Waals surface area contributed by atoms with Gasteiger partial charge < -0.3 is 4.90 Å². The molecule has 0 bridgehead atoms. The molecule has 5 heteroatoms. The maximum atomic E-state index is 13.0. The lowest BCUT2D eigenvalue weighted by atomic mass is 9.82. The number of likely N-dealkylation sites (tertiary alicyclic amines) is 1. The second-order valence-electron chi connectivity index (χ2n) is 5.57. The molecule has 1 fully saturated rings. The van der Waals surface area contributed by atoms with Gasteiger partial charge in [0.25, 0.3) is 0 Å². The van der Waals surface area contributed by atoms with E-state index in [4.69, 9.17) is 0 Å². The molecule has 1 nitrogen and oxygen atoms in total. The van der Waals surface area contributed by atoms with E-state index in [0.29, 0.717) is 5.57 Å². The van der Waals surface area contributed by atoms with Crippen LogP contribution in [0.25, 0.3) is 0 Å². The summed E-state index contributed by atoms with van der Waals surface area (Å²) in [5.74, 6) is -1.54. The average Bonchev–Trinajstić information content (AvgIpc) is 2.34. The summed E-state index contributed by atoms with van der Waals surface area (Å²) >= 11 is 0. The summed E-state index contributed by atoms with van der Waals surface area (Å²) in [7, 11) is 1.97. The van der Waals surface area contributed by atoms with Crippen molar-refractivity contribution in [2.75, 3.05) is 20.1 Å². The molecule has 20 heavy (non-hydrogen) atoms. The fourth-order valence-electron chi connectivity index (χ4n) is 2.48. The van der Waals surface area contributed by atoms with Crippen molar-refractivity contribution in [3.05, 3.63) is 23.8 Å². The van der Waals surface area contributed by atoms with Gasteiger partial charge in [0.15, 0.2) is 0 Å². The lowest BCUT2D eigenvalue weighted by Crippen LogP contribution is -2.34. The van der Waals surface area contributed by atoms with E-state index < -0.39 is 18.3 Å². The van der Waals surface area contributed by atoms with Crippen molar-refractivity contribution < 1.29 is 17.6 Å². The number of halogens is 4. The van der Waals surface area contributed by atoms with Gasteiger partial charge in [-0.15, -0.1) is 0 Å². The quantitative estimate of drug-likeness (QED) is 0.549. The largest absolute Gasteiger partial charge is 0.395 e. The molecule has 2 unspecified atom stereocenters. The van der Waals surface area contributed by atoms with Crippen LogP contribution < -0.4 is 0 Å². The molecule has 1 saturated heterocycles. The van der Waals surface area contributed by atoms with E-state index in [9.17, 15) is 17.6 Å². The standard InChI is InChI=1S/C15H23F4N/c1-11(16)5-4-6-14(12(2)15(17,18)19)13-7-9-20(3)10-8-13/h4-6,11-13H,7-10H2,1-3H3/b5-4-,14-6+. The van der Waals surface area contributed by atoms with E-state index in [0.717, 1.165) is 25.9 Å². The van der Waals surface area contributed by atoms with Gasteiger partial charge in [-0.3, -0.25) is 0 Å². The van der Waals surface area contributed by atoms with Crippen molar-refractivity contribution in [3.63, 3.8) is 0 Å². The summed E-state index contributed by atoms with van der Waals surface area (Å²) in [6.45, 7) is 4.15. The summed E-state index contributed by atoms with van der Waals surface area (Å²) in [5.41, 5.74) is 0.377. The molecule has 1 aliphatic rings. The lowest BCUT2D eigenvalue weighted by molar-refractivity contribution is -0.161. The maximum Gasteiger partial charge on any atom is 0.395 e. The van der Waals surface area contributed by atoms with E-state index in [2.05, 4.69) is 4.90 Å². The van der Waals surface area contributed by atoms with Gasteiger partial charge in [0.1, 0.15) is 6.17 Å². The van der Waals surface area contributed by atoms with Crippen LogP contribution >= 0.6 is 0 Å². The van der Waals surface area contributed by atoms with E-state index in [1.165, 1.54) is 32.1 Å². The van der Waals surface area contributed by atoms with Gasteiger partial charge in [0.2, 0.25) is 0 Å². The Bertz CT molecular complexity index is 349. The van der Waals surface area contributed by atoms with Crippen LogP contribution in [-0.4, -0.2) is 37.4 Å². The first kappa shape index (κ1) is 17.2. The SMILES string of the molecule is CC(F)/C=C\C=C(\C1CCN(C)CC1)C(C)C(F)(F)F. The van der Waals surface area contributed by atoms with Gasteiger partial charge in [-0.25, -0.2) is 4.39 Å². The van der Waals surface area contributed by atoms with Crippen molar-refractivity contribution in [1.82, 2.24) is 4.90 Å². The molecule has 0 aliphatic carbocycles. The van der Waals surface area contributed by atoms with Gasteiger partial charge in [0.05, 0.1) is 5.92 Å². The Balaban J connectivity index is 2.89. The molecular weight excluding hydrogens is 270 g/mol. The number of alkyl halides is 4. The van der Waals surface area contributed by atoms with Crippen molar-refractivity contribution in [2.24, 2.45) is 11.8 Å².